The van der Waals surface area contributed by atoms with Gasteiger partial charge in [-0.25, -0.2) is 0 Å². The van der Waals surface area contributed by atoms with Gasteiger partial charge in [-0.1, -0.05) is 90.0 Å². The zero-order valence-electron chi connectivity index (χ0n) is 19.3. The lowest BCUT2D eigenvalue weighted by atomic mass is 9.92. The molecule has 5 aromatic rings. The van der Waals surface area contributed by atoms with E-state index < -0.39 is 0 Å². The van der Waals surface area contributed by atoms with Crippen LogP contribution in [0.3, 0.4) is 0 Å². The first-order valence-electron chi connectivity index (χ1n) is 11.6. The van der Waals surface area contributed by atoms with Gasteiger partial charge in [-0.2, -0.15) is 0 Å². The van der Waals surface area contributed by atoms with Crippen LogP contribution >= 0.6 is 0 Å². The summed E-state index contributed by atoms with van der Waals surface area (Å²) < 4.78 is 6.22. The lowest BCUT2D eigenvalue weighted by Gasteiger charge is -2.33. The molecule has 34 heavy (non-hydrogen) atoms. The lowest BCUT2D eigenvalue weighted by molar-refractivity contribution is 0.477. The normalized spacial score (nSPS) is 12.0. The number of anilines is 3. The van der Waals surface area contributed by atoms with E-state index in [2.05, 4.69) is 110 Å². The first kappa shape index (κ1) is 20.3. The highest BCUT2D eigenvalue weighted by molar-refractivity contribution is 5.91. The number of benzene rings is 5. The summed E-state index contributed by atoms with van der Waals surface area (Å²) in [5, 5.41) is 0. The zero-order chi connectivity index (χ0) is 23.1. The highest BCUT2D eigenvalue weighted by Crippen LogP contribution is 2.51. The summed E-state index contributed by atoms with van der Waals surface area (Å²) in [6, 6.07) is 40.7. The summed E-state index contributed by atoms with van der Waals surface area (Å²) in [5.74, 6) is 1.72. The number of ether oxygens (including phenoxy) is 1. The van der Waals surface area contributed by atoms with Gasteiger partial charge in [0.05, 0.1) is 11.4 Å². The van der Waals surface area contributed by atoms with Crippen molar-refractivity contribution in [3.63, 3.8) is 0 Å². The van der Waals surface area contributed by atoms with Crippen molar-refractivity contribution in [1.82, 2.24) is 0 Å². The molecule has 0 N–H and O–H groups in total. The van der Waals surface area contributed by atoms with Crippen molar-refractivity contribution in [2.75, 3.05) is 4.90 Å². The minimum atomic E-state index is 0.862. The third-order valence-electron chi connectivity index (χ3n) is 6.35. The molecule has 0 aromatic heterocycles. The number of nitrogens with zero attached hydrogens (tertiary/aromatic N) is 1. The van der Waals surface area contributed by atoms with Crippen LogP contribution in [-0.2, 0) is 0 Å². The van der Waals surface area contributed by atoms with Gasteiger partial charge in [0.15, 0.2) is 11.5 Å². The maximum atomic E-state index is 6.22. The van der Waals surface area contributed by atoms with Crippen LogP contribution < -0.4 is 9.64 Å². The van der Waals surface area contributed by atoms with Crippen molar-refractivity contribution < 1.29 is 4.74 Å². The summed E-state index contributed by atoms with van der Waals surface area (Å²) in [6.45, 7) is 4.29. The van der Waals surface area contributed by atoms with Gasteiger partial charge in [0, 0.05) is 5.69 Å². The number of fused-ring (bicyclic) bond motifs is 2. The van der Waals surface area contributed by atoms with E-state index >= 15 is 0 Å². The van der Waals surface area contributed by atoms with Gasteiger partial charge < -0.3 is 9.64 Å². The smallest absolute Gasteiger partial charge is 0.151 e. The Hall–Kier alpha value is -4.30. The Kier molecular flexibility index (Phi) is 4.92. The number of hydrogen-bond acceptors (Lipinski definition) is 2. The molecule has 6 rings (SSSR count). The molecular weight excluding hydrogens is 414 g/mol. The molecule has 0 saturated carbocycles. The van der Waals surface area contributed by atoms with Crippen molar-refractivity contribution in [2.24, 2.45) is 0 Å². The van der Waals surface area contributed by atoms with Crippen molar-refractivity contribution in [2.45, 2.75) is 13.8 Å². The molecule has 5 aromatic carbocycles. The molecule has 0 amide bonds. The van der Waals surface area contributed by atoms with E-state index in [-0.39, 0.29) is 0 Å². The molecule has 0 aliphatic carbocycles. The van der Waals surface area contributed by atoms with E-state index in [1.165, 1.54) is 33.4 Å². The molecule has 2 heteroatoms. The molecule has 2 nitrogen and oxygen atoms in total. The molecule has 0 unspecified atom stereocenters. The third-order valence-corrected chi connectivity index (χ3v) is 6.35. The van der Waals surface area contributed by atoms with E-state index in [9.17, 15) is 0 Å². The maximum absolute atomic E-state index is 6.22. The van der Waals surface area contributed by atoms with E-state index in [1.807, 2.05) is 24.3 Å². The van der Waals surface area contributed by atoms with Gasteiger partial charge in [-0.3, -0.25) is 0 Å². The number of rotatable bonds is 3. The Morgan fingerprint density at radius 1 is 0.500 bits per heavy atom. The quantitative estimate of drug-likeness (QED) is 0.272. The predicted molar refractivity (Wildman–Crippen MR) is 142 cm³/mol. The summed E-state index contributed by atoms with van der Waals surface area (Å²) >= 11 is 0. The molecule has 0 saturated heterocycles. The van der Waals surface area contributed by atoms with Crippen LogP contribution in [0.1, 0.15) is 11.1 Å². The Morgan fingerprint density at radius 3 is 1.65 bits per heavy atom. The molecule has 1 heterocycles. The van der Waals surface area contributed by atoms with E-state index in [0.29, 0.717) is 0 Å². The highest BCUT2D eigenvalue weighted by Gasteiger charge is 2.26. The minimum absolute atomic E-state index is 0.862. The minimum Gasteiger partial charge on any atom is -0.453 e. The van der Waals surface area contributed by atoms with Gasteiger partial charge in [0.2, 0.25) is 0 Å². The predicted octanol–water partition coefficient (Wildman–Crippen LogP) is 9.21. The molecule has 1 aliphatic heterocycles. The van der Waals surface area contributed by atoms with Gasteiger partial charge in [-0.15, -0.1) is 0 Å². The van der Waals surface area contributed by atoms with Crippen LogP contribution in [0, 0.1) is 13.8 Å². The largest absolute Gasteiger partial charge is 0.453 e. The second kappa shape index (κ2) is 8.24. The molecule has 0 fully saturated rings. The third kappa shape index (κ3) is 3.54. The van der Waals surface area contributed by atoms with Gasteiger partial charge in [0.1, 0.15) is 0 Å². The van der Waals surface area contributed by atoms with Crippen molar-refractivity contribution >= 4 is 17.1 Å². The molecule has 0 atom stereocenters. The van der Waals surface area contributed by atoms with Crippen LogP contribution in [0.25, 0.3) is 22.3 Å². The van der Waals surface area contributed by atoms with E-state index in [4.69, 9.17) is 4.74 Å². The molecule has 0 spiro atoms. The average Bonchev–Trinajstić information content (AvgIpc) is 2.87. The monoisotopic (exact) mass is 439 g/mol. The summed E-state index contributed by atoms with van der Waals surface area (Å²) in [4.78, 5) is 2.30. The maximum Gasteiger partial charge on any atom is 0.151 e. The SMILES string of the molecule is Cc1cccc(-c2ccc(N3c4ccccc4Oc4ccccc43)cc2-c2cccc(C)c2)c1. The fourth-order valence-corrected chi connectivity index (χ4v) is 4.77. The van der Waals surface area contributed by atoms with Crippen molar-refractivity contribution in [1.29, 1.82) is 0 Å². The molecule has 1 aliphatic rings. The van der Waals surface area contributed by atoms with Crippen LogP contribution in [0.4, 0.5) is 17.1 Å². The summed E-state index contributed by atoms with van der Waals surface area (Å²) in [5.41, 5.74) is 10.6. The zero-order valence-corrected chi connectivity index (χ0v) is 19.3. The first-order valence-corrected chi connectivity index (χ1v) is 11.6. The molecular formula is C32H25NO. The van der Waals surface area contributed by atoms with Crippen molar-refractivity contribution in [3.05, 3.63) is 126 Å². The number of hydrogen-bond donors (Lipinski definition) is 0. The van der Waals surface area contributed by atoms with Gasteiger partial charge in [-0.05, 0) is 72.5 Å². The number of para-hydroxylation sites is 4. The Bertz CT molecular complexity index is 1470. The van der Waals surface area contributed by atoms with Gasteiger partial charge in [0.25, 0.3) is 0 Å². The van der Waals surface area contributed by atoms with Crippen LogP contribution in [0.15, 0.2) is 115 Å². The molecule has 0 bridgehead atoms. The molecule has 164 valence electrons. The second-order valence-corrected chi connectivity index (χ2v) is 8.84. The highest BCUT2D eigenvalue weighted by atomic mass is 16.5. The fraction of sp³-hybridized carbons (Fsp3) is 0.0625. The summed E-state index contributed by atoms with van der Waals surface area (Å²) in [7, 11) is 0. The first-order chi connectivity index (χ1) is 16.7. The standard InChI is InChI=1S/C32H25NO/c1-22-9-7-11-24(19-22)27-18-17-26(21-28(27)25-12-8-10-23(2)20-25)33-29-13-3-5-15-31(29)34-32-16-6-4-14-30(32)33/h3-21H,1-2H3. The van der Waals surface area contributed by atoms with E-state index in [1.54, 1.807) is 0 Å². The number of aryl methyl sites for hydroxylation is 2. The van der Waals surface area contributed by atoms with Crippen molar-refractivity contribution in [3.8, 4) is 33.8 Å². The van der Waals surface area contributed by atoms with E-state index in [0.717, 1.165) is 28.6 Å². The second-order valence-electron chi connectivity index (χ2n) is 8.84. The molecule has 0 radical (unpaired) electrons. The lowest BCUT2D eigenvalue weighted by Crippen LogP contribution is -2.15. The Morgan fingerprint density at radius 2 is 1.06 bits per heavy atom. The fourth-order valence-electron chi connectivity index (χ4n) is 4.77. The van der Waals surface area contributed by atoms with Crippen LogP contribution in [0.2, 0.25) is 0 Å². The Labute approximate surface area is 200 Å². The Balaban J connectivity index is 1.59. The van der Waals surface area contributed by atoms with Crippen LogP contribution in [0.5, 0.6) is 11.5 Å². The average molecular weight is 440 g/mol. The summed E-state index contributed by atoms with van der Waals surface area (Å²) in [6.07, 6.45) is 0. The van der Waals surface area contributed by atoms with Crippen LogP contribution in [-0.4, -0.2) is 0 Å². The topological polar surface area (TPSA) is 12.5 Å². The van der Waals surface area contributed by atoms with Gasteiger partial charge >= 0.3 is 0 Å².